The number of aromatic nitrogens is 1. The van der Waals surface area contributed by atoms with Gasteiger partial charge in [-0.05, 0) is 150 Å². The number of fused-ring (bicyclic) bond motifs is 7. The molecule has 0 spiro atoms. The third-order valence-corrected chi connectivity index (χ3v) is 14.6. The Morgan fingerprint density at radius 2 is 0.768 bits per heavy atom. The molecule has 0 amide bonds. The lowest BCUT2D eigenvalue weighted by atomic mass is 9.82. The molecule has 0 unspecified atom stereocenters. The molecule has 1 heterocycles. The average molecular weight is 881 g/mol. The summed E-state index contributed by atoms with van der Waals surface area (Å²) in [4.78, 5) is 2.42. The second-order valence-electron chi connectivity index (χ2n) is 19.0. The van der Waals surface area contributed by atoms with Crippen molar-refractivity contribution in [2.45, 2.75) is 19.3 Å². The van der Waals surface area contributed by atoms with Gasteiger partial charge < -0.3 is 9.47 Å². The topological polar surface area (TPSA) is 8.17 Å². The molecule has 0 saturated heterocycles. The van der Waals surface area contributed by atoms with Gasteiger partial charge in [0.1, 0.15) is 0 Å². The van der Waals surface area contributed by atoms with Crippen LogP contribution in [-0.2, 0) is 5.41 Å². The molecule has 0 fully saturated rings. The number of rotatable bonds is 8. The molecule has 13 rings (SSSR count). The van der Waals surface area contributed by atoms with Crippen molar-refractivity contribution in [1.29, 1.82) is 0 Å². The Kier molecular flexibility index (Phi) is 9.55. The largest absolute Gasteiger partial charge is 0.310 e. The van der Waals surface area contributed by atoms with Crippen molar-refractivity contribution in [3.05, 3.63) is 266 Å². The van der Waals surface area contributed by atoms with Gasteiger partial charge in [-0.3, -0.25) is 0 Å². The van der Waals surface area contributed by atoms with Gasteiger partial charge in [0, 0.05) is 38.9 Å². The molecule has 1 aliphatic rings. The van der Waals surface area contributed by atoms with Crippen molar-refractivity contribution in [3.8, 4) is 61.3 Å². The van der Waals surface area contributed by atoms with Gasteiger partial charge in [-0.2, -0.15) is 0 Å². The lowest BCUT2D eigenvalue weighted by molar-refractivity contribution is 0.660. The van der Waals surface area contributed by atoms with E-state index in [4.69, 9.17) is 0 Å². The minimum absolute atomic E-state index is 0.110. The molecule has 0 N–H and O–H groups in total. The number of hydrogen-bond donors (Lipinski definition) is 0. The zero-order valence-electron chi connectivity index (χ0n) is 38.6. The molecule has 2 nitrogen and oxygen atoms in total. The van der Waals surface area contributed by atoms with Crippen LogP contribution in [0.15, 0.2) is 255 Å². The van der Waals surface area contributed by atoms with E-state index in [1.165, 1.54) is 99.3 Å². The zero-order chi connectivity index (χ0) is 46.1. The van der Waals surface area contributed by atoms with Crippen molar-refractivity contribution >= 4 is 49.6 Å². The van der Waals surface area contributed by atoms with Crippen LogP contribution in [0.4, 0.5) is 17.1 Å². The quantitative estimate of drug-likeness (QED) is 0.148. The van der Waals surface area contributed by atoms with Gasteiger partial charge in [-0.25, -0.2) is 0 Å². The highest BCUT2D eigenvalue weighted by Gasteiger charge is 2.35. The summed E-state index contributed by atoms with van der Waals surface area (Å²) in [5.41, 5.74) is 21.9. The maximum absolute atomic E-state index is 2.42. The van der Waals surface area contributed by atoms with Crippen molar-refractivity contribution < 1.29 is 0 Å². The molecule has 69 heavy (non-hydrogen) atoms. The van der Waals surface area contributed by atoms with E-state index in [0.717, 1.165) is 22.7 Å². The maximum Gasteiger partial charge on any atom is 0.0541 e. The normalized spacial score (nSPS) is 12.6. The summed E-state index contributed by atoms with van der Waals surface area (Å²) in [5.74, 6) is 0. The van der Waals surface area contributed by atoms with E-state index >= 15 is 0 Å². The molecule has 0 saturated carbocycles. The Hall–Kier alpha value is -8.72. The second-order valence-corrected chi connectivity index (χ2v) is 19.0. The van der Waals surface area contributed by atoms with Crippen molar-refractivity contribution in [3.63, 3.8) is 0 Å². The molecular formula is C67H48N2. The first-order valence-corrected chi connectivity index (χ1v) is 24.0. The van der Waals surface area contributed by atoms with E-state index in [-0.39, 0.29) is 5.41 Å². The lowest BCUT2D eigenvalue weighted by Gasteiger charge is -2.28. The van der Waals surface area contributed by atoms with Gasteiger partial charge in [-0.1, -0.05) is 196 Å². The number of anilines is 3. The van der Waals surface area contributed by atoms with Crippen molar-refractivity contribution in [1.82, 2.24) is 4.57 Å². The molecule has 0 radical (unpaired) electrons. The first kappa shape index (κ1) is 40.5. The summed E-state index contributed by atoms with van der Waals surface area (Å²) in [6, 6.07) is 93.6. The average Bonchev–Trinajstić information content (AvgIpc) is 3.86. The van der Waals surface area contributed by atoms with E-state index < -0.39 is 0 Å². The van der Waals surface area contributed by atoms with Crippen LogP contribution in [-0.4, -0.2) is 4.57 Å². The van der Waals surface area contributed by atoms with E-state index in [2.05, 4.69) is 278 Å². The third kappa shape index (κ3) is 6.95. The zero-order valence-corrected chi connectivity index (χ0v) is 38.6. The molecule has 1 aliphatic carbocycles. The summed E-state index contributed by atoms with van der Waals surface area (Å²) in [6.07, 6.45) is 0. The Labute approximate surface area is 403 Å². The Morgan fingerprint density at radius 3 is 1.51 bits per heavy atom. The third-order valence-electron chi connectivity index (χ3n) is 14.6. The van der Waals surface area contributed by atoms with E-state index in [1.54, 1.807) is 0 Å². The van der Waals surface area contributed by atoms with E-state index in [9.17, 15) is 0 Å². The summed E-state index contributed by atoms with van der Waals surface area (Å²) < 4.78 is 2.39. The molecule has 0 bridgehead atoms. The van der Waals surface area contributed by atoms with Crippen LogP contribution in [0.1, 0.15) is 25.0 Å². The summed E-state index contributed by atoms with van der Waals surface area (Å²) in [5, 5.41) is 4.93. The van der Waals surface area contributed by atoms with Crippen LogP contribution in [0.5, 0.6) is 0 Å². The second kappa shape index (κ2) is 16.3. The summed E-state index contributed by atoms with van der Waals surface area (Å²) in [7, 11) is 0. The van der Waals surface area contributed by atoms with Crippen LogP contribution < -0.4 is 4.90 Å². The molecular weight excluding hydrogens is 833 g/mol. The van der Waals surface area contributed by atoms with Gasteiger partial charge in [-0.15, -0.1) is 0 Å². The highest BCUT2D eigenvalue weighted by Crippen LogP contribution is 2.51. The van der Waals surface area contributed by atoms with Crippen LogP contribution >= 0.6 is 0 Å². The smallest absolute Gasteiger partial charge is 0.0541 e. The Bertz CT molecular complexity index is 3880. The summed E-state index contributed by atoms with van der Waals surface area (Å²) >= 11 is 0. The highest BCUT2D eigenvalue weighted by atomic mass is 15.1. The van der Waals surface area contributed by atoms with Gasteiger partial charge >= 0.3 is 0 Å². The lowest BCUT2D eigenvalue weighted by Crippen LogP contribution is -2.16. The Balaban J connectivity index is 0.830. The van der Waals surface area contributed by atoms with Gasteiger partial charge in [0.2, 0.25) is 0 Å². The van der Waals surface area contributed by atoms with E-state index in [1.807, 2.05) is 0 Å². The SMILES string of the molecule is CC1(C)c2ccccc2-c2ccc(N(c3ccc(-c4ccc(-c5ccc6c(c5)c5ccccc5n6-c5ccc(-c6ccccc6)cc5)cc4)cc3)c3ccc4cc(-c5ccccc5)ccc4c3)cc21. The number of hydrogen-bond acceptors (Lipinski definition) is 1. The van der Waals surface area contributed by atoms with Crippen molar-refractivity contribution in [2.75, 3.05) is 4.90 Å². The van der Waals surface area contributed by atoms with Crippen molar-refractivity contribution in [2.24, 2.45) is 0 Å². The minimum atomic E-state index is -0.110. The summed E-state index contributed by atoms with van der Waals surface area (Å²) in [6.45, 7) is 4.71. The molecule has 0 atom stereocenters. The van der Waals surface area contributed by atoms with Crippen LogP contribution in [0.3, 0.4) is 0 Å². The fraction of sp³-hybridized carbons (Fsp3) is 0.0448. The van der Waals surface area contributed by atoms with Crippen LogP contribution in [0, 0.1) is 0 Å². The molecule has 2 heteroatoms. The van der Waals surface area contributed by atoms with Crippen LogP contribution in [0.2, 0.25) is 0 Å². The maximum atomic E-state index is 2.42. The van der Waals surface area contributed by atoms with Gasteiger partial charge in [0.25, 0.3) is 0 Å². The molecule has 11 aromatic carbocycles. The molecule has 0 aliphatic heterocycles. The minimum Gasteiger partial charge on any atom is -0.310 e. The Morgan fingerprint density at radius 1 is 0.304 bits per heavy atom. The fourth-order valence-corrected chi connectivity index (χ4v) is 11.0. The first-order chi connectivity index (χ1) is 33.9. The van der Waals surface area contributed by atoms with Gasteiger partial charge in [0.05, 0.1) is 11.0 Å². The number of benzene rings is 11. The monoisotopic (exact) mass is 880 g/mol. The molecule has 12 aromatic rings. The first-order valence-electron chi connectivity index (χ1n) is 24.0. The van der Waals surface area contributed by atoms with Crippen LogP contribution in [0.25, 0.3) is 93.9 Å². The highest BCUT2D eigenvalue weighted by molar-refractivity contribution is 6.10. The van der Waals surface area contributed by atoms with Gasteiger partial charge in [0.15, 0.2) is 0 Å². The number of para-hydroxylation sites is 1. The predicted octanol–water partition coefficient (Wildman–Crippen LogP) is 18.4. The van der Waals surface area contributed by atoms with E-state index in [0.29, 0.717) is 0 Å². The molecule has 326 valence electrons. The molecule has 1 aromatic heterocycles. The number of nitrogens with zero attached hydrogens (tertiary/aromatic N) is 2. The fourth-order valence-electron chi connectivity index (χ4n) is 11.0. The predicted molar refractivity (Wildman–Crippen MR) is 292 cm³/mol. The standard InChI is InChI=1S/C67H48N2/c1-67(2)63-19-11-9-17-59(63)60-39-38-58(44-64(60)67)68(57-37-31-52-41-51(25-26-53(52)42-57)46-15-7-4-8-16-46)55-33-27-49(28-34-55)47-21-23-50(24-22-47)54-32-40-66-62(43-54)61-18-10-12-20-65(61)69(66)56-35-29-48(30-36-56)45-13-5-3-6-14-45/h3-44H,1-2H3.